The fourth-order valence-electron chi connectivity index (χ4n) is 4.41. The fourth-order valence-corrected chi connectivity index (χ4v) is 4.41. The second-order valence-corrected chi connectivity index (χ2v) is 12.7. The van der Waals surface area contributed by atoms with E-state index in [0.29, 0.717) is 17.9 Å². The fraction of sp³-hybridized carbons (Fsp3) is 0.719. The molecule has 4 nitrogen and oxygen atoms in total. The van der Waals surface area contributed by atoms with Crippen molar-refractivity contribution in [3.63, 3.8) is 0 Å². The van der Waals surface area contributed by atoms with E-state index in [9.17, 15) is 4.79 Å². The molecule has 2 rings (SSSR count). The molecule has 0 amide bonds. The lowest BCUT2D eigenvalue weighted by molar-refractivity contribution is -0.152. The molecular formula is C32H54O4. The molecule has 0 aromatic heterocycles. The zero-order valence-corrected chi connectivity index (χ0v) is 25.2. The molecule has 0 saturated carbocycles. The zero-order valence-electron chi connectivity index (χ0n) is 25.2. The van der Waals surface area contributed by atoms with E-state index in [1.807, 2.05) is 26.8 Å². The Labute approximate surface area is 222 Å². The molecule has 0 unspecified atom stereocenters. The molecule has 0 fully saturated rings. The molecule has 0 spiro atoms. The maximum Gasteiger partial charge on any atom is 0.311 e. The topological polar surface area (TPSA) is 44.8 Å². The van der Waals surface area contributed by atoms with Crippen LogP contribution in [0.2, 0.25) is 0 Å². The summed E-state index contributed by atoms with van der Waals surface area (Å²) >= 11 is 0. The Morgan fingerprint density at radius 1 is 0.972 bits per heavy atom. The Hall–Kier alpha value is -1.97. The van der Waals surface area contributed by atoms with Gasteiger partial charge in [-0.3, -0.25) is 4.79 Å². The van der Waals surface area contributed by atoms with Crippen LogP contribution in [0.25, 0.3) is 0 Å². The van der Waals surface area contributed by atoms with Crippen molar-refractivity contribution in [1.82, 2.24) is 0 Å². The van der Waals surface area contributed by atoms with Crippen LogP contribution in [-0.2, 0) is 14.9 Å². The van der Waals surface area contributed by atoms with Gasteiger partial charge in [-0.25, -0.2) is 0 Å². The number of benzene rings is 1. The van der Waals surface area contributed by atoms with Crippen molar-refractivity contribution < 1.29 is 19.0 Å². The monoisotopic (exact) mass is 502 g/mol. The third-order valence-corrected chi connectivity index (χ3v) is 7.69. The highest BCUT2D eigenvalue weighted by Gasteiger charge is 2.32. The van der Waals surface area contributed by atoms with E-state index in [-0.39, 0.29) is 11.4 Å². The SMILES string of the molecule is CCCCCCC(C)(C)c1cc(OC)cc(OC)c1.C[C@@H]1C(COC(=O)C(C)(C)C)=CCCC1(C)C. The normalized spacial score (nSPS) is 17.4. The molecule has 1 aromatic rings. The van der Waals surface area contributed by atoms with Crippen LogP contribution >= 0.6 is 0 Å². The molecule has 1 aliphatic carbocycles. The molecule has 1 atom stereocenters. The quantitative estimate of drug-likeness (QED) is 0.182. The zero-order chi connectivity index (χ0) is 27.6. The largest absolute Gasteiger partial charge is 0.497 e. The van der Waals surface area contributed by atoms with Gasteiger partial charge in [-0.1, -0.05) is 73.3 Å². The van der Waals surface area contributed by atoms with Gasteiger partial charge in [-0.05, 0) is 80.1 Å². The summed E-state index contributed by atoms with van der Waals surface area (Å²) in [6.45, 7) is 19.8. The summed E-state index contributed by atoms with van der Waals surface area (Å²) in [5, 5.41) is 0. The molecule has 4 heteroatoms. The number of unbranched alkanes of at least 4 members (excludes halogenated alkanes) is 3. The highest BCUT2D eigenvalue weighted by atomic mass is 16.5. The number of esters is 1. The van der Waals surface area contributed by atoms with Crippen LogP contribution in [0.3, 0.4) is 0 Å². The Kier molecular flexibility index (Phi) is 12.6. The van der Waals surface area contributed by atoms with Crippen LogP contribution < -0.4 is 9.47 Å². The lowest BCUT2D eigenvalue weighted by Gasteiger charge is -2.37. The second kappa shape index (κ2) is 14.1. The lowest BCUT2D eigenvalue weighted by atomic mass is 9.69. The smallest absolute Gasteiger partial charge is 0.311 e. The summed E-state index contributed by atoms with van der Waals surface area (Å²) < 4.78 is 16.1. The number of allylic oxidation sites excluding steroid dienone is 1. The van der Waals surface area contributed by atoms with Gasteiger partial charge in [-0.2, -0.15) is 0 Å². The Balaban J connectivity index is 0.000000362. The van der Waals surface area contributed by atoms with Gasteiger partial charge in [0.25, 0.3) is 0 Å². The maximum atomic E-state index is 11.7. The number of hydrogen-bond acceptors (Lipinski definition) is 4. The number of methoxy groups -OCH3 is 2. The molecule has 0 N–H and O–H groups in total. The summed E-state index contributed by atoms with van der Waals surface area (Å²) in [6, 6.07) is 6.18. The highest BCUT2D eigenvalue weighted by Crippen LogP contribution is 2.40. The Morgan fingerprint density at radius 2 is 1.56 bits per heavy atom. The van der Waals surface area contributed by atoms with Crippen molar-refractivity contribution in [3.8, 4) is 11.5 Å². The van der Waals surface area contributed by atoms with Gasteiger partial charge in [-0.15, -0.1) is 0 Å². The van der Waals surface area contributed by atoms with Gasteiger partial charge >= 0.3 is 5.97 Å². The van der Waals surface area contributed by atoms with Crippen molar-refractivity contribution in [2.24, 2.45) is 16.7 Å². The molecule has 206 valence electrons. The number of carbonyl (C=O) groups excluding carboxylic acids is 1. The summed E-state index contributed by atoms with van der Waals surface area (Å²) in [6.07, 6.45) is 11.0. The van der Waals surface area contributed by atoms with Crippen molar-refractivity contribution in [1.29, 1.82) is 0 Å². The second-order valence-electron chi connectivity index (χ2n) is 12.7. The number of rotatable bonds is 10. The van der Waals surface area contributed by atoms with E-state index in [1.54, 1.807) is 14.2 Å². The first kappa shape index (κ1) is 32.1. The molecule has 0 radical (unpaired) electrons. The van der Waals surface area contributed by atoms with E-state index in [0.717, 1.165) is 17.9 Å². The summed E-state index contributed by atoms with van der Waals surface area (Å²) in [5.74, 6) is 2.12. The Bertz CT molecular complexity index is 820. The van der Waals surface area contributed by atoms with Gasteiger partial charge in [0.2, 0.25) is 0 Å². The van der Waals surface area contributed by atoms with Gasteiger partial charge in [0, 0.05) is 6.07 Å². The average molecular weight is 503 g/mol. The predicted octanol–water partition coefficient (Wildman–Crippen LogP) is 8.91. The van der Waals surface area contributed by atoms with Crippen molar-refractivity contribution in [2.45, 2.75) is 113 Å². The van der Waals surface area contributed by atoms with Crippen LogP contribution in [0, 0.1) is 16.7 Å². The van der Waals surface area contributed by atoms with Gasteiger partial charge < -0.3 is 14.2 Å². The standard InChI is InChI=1S/C17H28O2.C15H26O2/c1-6-7-8-9-10-17(2,3)14-11-15(18-4)13-16(12-14)19-5;1-11-12(8-7-9-15(11,5)6)10-17-13(16)14(2,3)4/h11-13H,6-10H2,1-5H3;8,11H,7,9-10H2,1-6H3/t;11-/m.1/s1. The van der Waals surface area contributed by atoms with Crippen LogP contribution in [-0.4, -0.2) is 26.8 Å². The number of ether oxygens (including phenoxy) is 3. The minimum Gasteiger partial charge on any atom is -0.497 e. The first-order chi connectivity index (χ1) is 16.7. The van der Waals surface area contributed by atoms with Crippen molar-refractivity contribution in [3.05, 3.63) is 35.4 Å². The van der Waals surface area contributed by atoms with Crippen LogP contribution in [0.1, 0.15) is 113 Å². The first-order valence-electron chi connectivity index (χ1n) is 13.8. The van der Waals surface area contributed by atoms with E-state index in [4.69, 9.17) is 14.2 Å². The van der Waals surface area contributed by atoms with E-state index in [1.165, 1.54) is 49.7 Å². The van der Waals surface area contributed by atoms with Gasteiger partial charge in [0.05, 0.1) is 19.6 Å². The third kappa shape index (κ3) is 10.2. The summed E-state index contributed by atoms with van der Waals surface area (Å²) in [5.41, 5.74) is 2.64. The van der Waals surface area contributed by atoms with Crippen molar-refractivity contribution in [2.75, 3.05) is 20.8 Å². The first-order valence-corrected chi connectivity index (χ1v) is 13.8. The number of hydrogen-bond donors (Lipinski definition) is 0. The molecule has 36 heavy (non-hydrogen) atoms. The molecular weight excluding hydrogens is 448 g/mol. The highest BCUT2D eigenvalue weighted by molar-refractivity contribution is 5.75. The summed E-state index contributed by atoms with van der Waals surface area (Å²) in [4.78, 5) is 11.7. The molecule has 0 heterocycles. The van der Waals surface area contributed by atoms with Crippen LogP contribution in [0.15, 0.2) is 29.8 Å². The summed E-state index contributed by atoms with van der Waals surface area (Å²) in [7, 11) is 3.40. The number of carbonyl (C=O) groups is 1. The van der Waals surface area contributed by atoms with E-state index in [2.05, 4.69) is 59.8 Å². The predicted molar refractivity (Wildman–Crippen MR) is 152 cm³/mol. The molecule has 0 saturated heterocycles. The van der Waals surface area contributed by atoms with Gasteiger partial charge in [0.15, 0.2) is 0 Å². The van der Waals surface area contributed by atoms with E-state index < -0.39 is 5.41 Å². The van der Waals surface area contributed by atoms with Crippen LogP contribution in [0.5, 0.6) is 11.5 Å². The Morgan fingerprint density at radius 3 is 2.06 bits per heavy atom. The maximum absolute atomic E-state index is 11.7. The third-order valence-electron chi connectivity index (χ3n) is 7.69. The van der Waals surface area contributed by atoms with E-state index >= 15 is 0 Å². The lowest BCUT2D eigenvalue weighted by Crippen LogP contribution is -2.30. The minimum atomic E-state index is -0.409. The molecule has 1 aromatic carbocycles. The molecule has 0 aliphatic heterocycles. The van der Waals surface area contributed by atoms with Gasteiger partial charge in [0.1, 0.15) is 18.1 Å². The van der Waals surface area contributed by atoms with Crippen LogP contribution in [0.4, 0.5) is 0 Å². The average Bonchev–Trinajstić information content (AvgIpc) is 2.82. The molecule has 1 aliphatic rings. The molecule has 0 bridgehead atoms. The minimum absolute atomic E-state index is 0.117. The van der Waals surface area contributed by atoms with Crippen molar-refractivity contribution >= 4 is 5.97 Å².